The van der Waals surface area contributed by atoms with Crippen molar-refractivity contribution in [2.45, 2.75) is 52.4 Å². The van der Waals surface area contributed by atoms with E-state index in [2.05, 4.69) is 108 Å². The first kappa shape index (κ1) is 28.4. The molecule has 3 aromatic carbocycles. The van der Waals surface area contributed by atoms with Crippen LogP contribution in [0.25, 0.3) is 56.1 Å². The van der Waals surface area contributed by atoms with Crippen LogP contribution < -0.4 is 0 Å². The molecule has 0 fully saturated rings. The molecule has 0 bridgehead atoms. The number of fused-ring (bicyclic) bond motifs is 1. The normalized spacial score (nSPS) is 12.2. The zero-order valence-electron chi connectivity index (χ0n) is 26.0. The van der Waals surface area contributed by atoms with Crippen LogP contribution in [0.1, 0.15) is 52.8 Å². The van der Waals surface area contributed by atoms with Gasteiger partial charge in [-0.05, 0) is 40.8 Å². The van der Waals surface area contributed by atoms with Gasteiger partial charge < -0.3 is 9.67 Å². The summed E-state index contributed by atoms with van der Waals surface area (Å²) in [6.45, 7) is 12.8. The maximum absolute atomic E-state index is 11.5. The molecule has 0 saturated carbocycles. The van der Waals surface area contributed by atoms with Crippen LogP contribution in [-0.4, -0.2) is 24.6 Å². The van der Waals surface area contributed by atoms with E-state index in [9.17, 15) is 5.11 Å². The molecule has 0 amide bonds. The van der Waals surface area contributed by atoms with E-state index in [1.165, 1.54) is 0 Å². The Bertz CT molecular complexity index is 1940. The van der Waals surface area contributed by atoms with Crippen molar-refractivity contribution in [2.75, 3.05) is 0 Å². The SMILES string of the molecule is Cn1c(-c2nc(C(C)(C)C)cc(C(C)(C)C)c2O)nc2c(-c3cccc(-c4ccc(-c5ccccc5)cn4)c3)cccc21. The molecule has 6 rings (SSSR count). The van der Waals surface area contributed by atoms with E-state index in [0.717, 1.165) is 55.8 Å². The lowest BCUT2D eigenvalue weighted by atomic mass is 9.82. The number of aromatic hydroxyl groups is 1. The second-order valence-corrected chi connectivity index (χ2v) is 13.3. The number of hydrogen-bond donors (Lipinski definition) is 1. The van der Waals surface area contributed by atoms with Gasteiger partial charge in [-0.3, -0.25) is 4.98 Å². The molecule has 3 heterocycles. The number of imidazole rings is 1. The molecule has 0 aliphatic rings. The number of nitrogens with zero attached hydrogens (tertiary/aromatic N) is 4. The van der Waals surface area contributed by atoms with Gasteiger partial charge in [-0.25, -0.2) is 9.97 Å². The van der Waals surface area contributed by atoms with E-state index >= 15 is 0 Å². The van der Waals surface area contributed by atoms with E-state index in [0.29, 0.717) is 11.5 Å². The summed E-state index contributed by atoms with van der Waals surface area (Å²) in [5.74, 6) is 0.832. The van der Waals surface area contributed by atoms with E-state index in [-0.39, 0.29) is 16.6 Å². The van der Waals surface area contributed by atoms with Gasteiger partial charge >= 0.3 is 0 Å². The minimum Gasteiger partial charge on any atom is -0.505 e. The first-order valence-corrected chi connectivity index (χ1v) is 14.7. The summed E-state index contributed by atoms with van der Waals surface area (Å²) in [4.78, 5) is 14.9. The van der Waals surface area contributed by atoms with Gasteiger partial charge in [0.15, 0.2) is 5.82 Å². The number of hydrogen-bond acceptors (Lipinski definition) is 4. The highest BCUT2D eigenvalue weighted by molar-refractivity contribution is 5.95. The third-order valence-corrected chi connectivity index (χ3v) is 8.03. The second-order valence-electron chi connectivity index (χ2n) is 13.3. The van der Waals surface area contributed by atoms with E-state index in [1.54, 1.807) is 0 Å². The van der Waals surface area contributed by atoms with Crippen LogP contribution >= 0.6 is 0 Å². The molecule has 0 atom stereocenters. The number of pyridine rings is 2. The van der Waals surface area contributed by atoms with Gasteiger partial charge in [0.25, 0.3) is 0 Å². The Morgan fingerprint density at radius 2 is 1.35 bits per heavy atom. The monoisotopic (exact) mass is 566 g/mol. The summed E-state index contributed by atoms with van der Waals surface area (Å²) in [6, 6.07) is 31.2. The fourth-order valence-electron chi connectivity index (χ4n) is 5.52. The number of aromatic nitrogens is 4. The number of benzene rings is 3. The van der Waals surface area contributed by atoms with Crippen molar-refractivity contribution in [3.8, 4) is 50.8 Å². The summed E-state index contributed by atoms with van der Waals surface area (Å²) < 4.78 is 2.04. The summed E-state index contributed by atoms with van der Waals surface area (Å²) in [6.07, 6.45) is 1.93. The van der Waals surface area contributed by atoms with Crippen molar-refractivity contribution < 1.29 is 5.11 Å². The molecule has 0 unspecified atom stereocenters. The highest BCUT2D eigenvalue weighted by Gasteiger charge is 2.28. The van der Waals surface area contributed by atoms with Crippen molar-refractivity contribution >= 4 is 11.0 Å². The quantitative estimate of drug-likeness (QED) is 0.231. The molecule has 6 aromatic rings. The lowest BCUT2D eigenvalue weighted by molar-refractivity contribution is 0.441. The van der Waals surface area contributed by atoms with E-state index in [4.69, 9.17) is 15.0 Å². The lowest BCUT2D eigenvalue weighted by Gasteiger charge is -2.26. The average molecular weight is 567 g/mol. The predicted octanol–water partition coefficient (Wildman–Crippen LogP) is 9.33. The Morgan fingerprint density at radius 1 is 0.651 bits per heavy atom. The summed E-state index contributed by atoms with van der Waals surface area (Å²) in [7, 11) is 1.99. The van der Waals surface area contributed by atoms with Crippen LogP contribution in [0.2, 0.25) is 0 Å². The van der Waals surface area contributed by atoms with Crippen LogP contribution in [0.4, 0.5) is 0 Å². The minimum absolute atomic E-state index is 0.187. The maximum atomic E-state index is 11.5. The topological polar surface area (TPSA) is 63.8 Å². The first-order chi connectivity index (χ1) is 20.4. The largest absolute Gasteiger partial charge is 0.505 e. The molecule has 0 aliphatic carbocycles. The molecule has 216 valence electrons. The van der Waals surface area contributed by atoms with Gasteiger partial charge in [0.1, 0.15) is 11.4 Å². The molecule has 0 aliphatic heterocycles. The van der Waals surface area contributed by atoms with Crippen molar-refractivity contribution in [2.24, 2.45) is 7.05 Å². The molecular formula is C38H38N4O. The van der Waals surface area contributed by atoms with Crippen LogP contribution in [-0.2, 0) is 17.9 Å². The Balaban J connectivity index is 1.45. The van der Waals surface area contributed by atoms with Crippen LogP contribution in [0.3, 0.4) is 0 Å². The summed E-state index contributed by atoms with van der Waals surface area (Å²) >= 11 is 0. The van der Waals surface area contributed by atoms with Gasteiger partial charge in [0.2, 0.25) is 0 Å². The van der Waals surface area contributed by atoms with Gasteiger partial charge in [0.05, 0.1) is 16.7 Å². The van der Waals surface area contributed by atoms with Crippen LogP contribution in [0.15, 0.2) is 97.2 Å². The van der Waals surface area contributed by atoms with E-state index in [1.807, 2.05) is 42.1 Å². The van der Waals surface area contributed by atoms with Gasteiger partial charge in [0, 0.05) is 46.6 Å². The first-order valence-electron chi connectivity index (χ1n) is 14.7. The molecular weight excluding hydrogens is 528 g/mol. The van der Waals surface area contributed by atoms with Crippen molar-refractivity contribution in [3.05, 3.63) is 108 Å². The maximum Gasteiger partial charge on any atom is 0.163 e. The molecule has 5 heteroatoms. The van der Waals surface area contributed by atoms with E-state index < -0.39 is 0 Å². The Morgan fingerprint density at radius 3 is 2.02 bits per heavy atom. The zero-order chi connectivity index (χ0) is 30.5. The van der Waals surface area contributed by atoms with Gasteiger partial charge in [-0.15, -0.1) is 0 Å². The predicted molar refractivity (Wildman–Crippen MR) is 177 cm³/mol. The van der Waals surface area contributed by atoms with Gasteiger partial charge in [-0.1, -0.05) is 108 Å². The van der Waals surface area contributed by atoms with Crippen LogP contribution in [0.5, 0.6) is 5.75 Å². The third-order valence-electron chi connectivity index (χ3n) is 8.03. The highest BCUT2D eigenvalue weighted by Crippen LogP contribution is 2.41. The van der Waals surface area contributed by atoms with Crippen molar-refractivity contribution in [1.82, 2.24) is 19.5 Å². The molecule has 0 spiro atoms. The fraction of sp³-hybridized carbons (Fsp3) is 0.237. The number of para-hydroxylation sites is 1. The standard InChI is InChI=1S/C38H38N4O/c1-37(2,3)29-22-32(38(4,5)6)40-34(35(29)43)36-41-33-28(17-12-18-31(33)42(36)7)25-15-11-16-26(21-25)30-20-19-27(23-39-30)24-13-9-8-10-14-24/h8-23,43H,1-7H3. The molecule has 5 nitrogen and oxygen atoms in total. The Kier molecular flexibility index (Phi) is 6.92. The van der Waals surface area contributed by atoms with Crippen LogP contribution in [0, 0.1) is 0 Å². The molecule has 1 N–H and O–H groups in total. The van der Waals surface area contributed by atoms with Crippen molar-refractivity contribution in [3.63, 3.8) is 0 Å². The zero-order valence-corrected chi connectivity index (χ0v) is 26.0. The molecule has 0 saturated heterocycles. The van der Waals surface area contributed by atoms with Gasteiger partial charge in [-0.2, -0.15) is 0 Å². The Hall–Kier alpha value is -4.77. The molecule has 3 aromatic heterocycles. The number of aryl methyl sites for hydroxylation is 1. The Labute approximate surface area is 253 Å². The average Bonchev–Trinajstić information content (AvgIpc) is 3.33. The smallest absolute Gasteiger partial charge is 0.163 e. The molecule has 43 heavy (non-hydrogen) atoms. The number of rotatable bonds is 4. The third kappa shape index (κ3) is 5.32. The summed E-state index contributed by atoms with van der Waals surface area (Å²) in [5.41, 5.74) is 9.97. The summed E-state index contributed by atoms with van der Waals surface area (Å²) in [5, 5.41) is 11.5. The molecule has 0 radical (unpaired) electrons. The highest BCUT2D eigenvalue weighted by atomic mass is 16.3. The minimum atomic E-state index is -0.259. The fourth-order valence-corrected chi connectivity index (χ4v) is 5.52. The lowest BCUT2D eigenvalue weighted by Crippen LogP contribution is -2.19. The van der Waals surface area contributed by atoms with Crippen molar-refractivity contribution in [1.29, 1.82) is 0 Å². The second kappa shape index (κ2) is 10.5.